The van der Waals surface area contributed by atoms with E-state index < -0.39 is 5.82 Å². The fraction of sp³-hybridized carbons (Fsp3) is 0.500. The summed E-state index contributed by atoms with van der Waals surface area (Å²) in [5.41, 5.74) is 0.320. The van der Waals surface area contributed by atoms with Crippen molar-refractivity contribution in [1.29, 1.82) is 0 Å². The average Bonchev–Trinajstić information content (AvgIpc) is 2.39. The molecular formula is C14H18BrClFNO. The van der Waals surface area contributed by atoms with E-state index in [0.717, 1.165) is 19.3 Å². The van der Waals surface area contributed by atoms with E-state index in [1.165, 1.54) is 12.1 Å². The van der Waals surface area contributed by atoms with Gasteiger partial charge in [0.1, 0.15) is 5.82 Å². The minimum absolute atomic E-state index is 0.205. The molecule has 1 unspecified atom stereocenters. The molecule has 0 aliphatic heterocycles. The summed E-state index contributed by atoms with van der Waals surface area (Å²) in [6, 6.07) is 4.43. The Morgan fingerprint density at radius 1 is 1.47 bits per heavy atom. The molecule has 1 aromatic carbocycles. The van der Waals surface area contributed by atoms with Crippen LogP contribution in [-0.2, 0) is 0 Å². The molecule has 0 saturated carbocycles. The molecule has 0 aromatic heterocycles. The molecule has 0 bridgehead atoms. The van der Waals surface area contributed by atoms with Gasteiger partial charge in [0, 0.05) is 12.4 Å². The van der Waals surface area contributed by atoms with Gasteiger partial charge in [-0.1, -0.05) is 19.4 Å². The third kappa shape index (κ3) is 5.11. The lowest BCUT2D eigenvalue weighted by molar-refractivity contribution is 0.0944. The summed E-state index contributed by atoms with van der Waals surface area (Å²) in [5, 5.41) is 2.84. The van der Waals surface area contributed by atoms with Crippen LogP contribution in [0.25, 0.3) is 0 Å². The molecule has 1 amide bonds. The Morgan fingerprint density at radius 3 is 2.84 bits per heavy atom. The summed E-state index contributed by atoms with van der Waals surface area (Å²) in [5.74, 6) is 0.267. The lowest BCUT2D eigenvalue weighted by atomic mass is 10.0. The van der Waals surface area contributed by atoms with E-state index in [1.54, 1.807) is 6.07 Å². The van der Waals surface area contributed by atoms with Crippen LogP contribution in [0.4, 0.5) is 4.39 Å². The molecule has 2 nitrogen and oxygen atoms in total. The second-order valence-corrected chi connectivity index (χ2v) is 5.61. The molecule has 0 radical (unpaired) electrons. The van der Waals surface area contributed by atoms with Crippen molar-refractivity contribution >= 4 is 33.4 Å². The van der Waals surface area contributed by atoms with Gasteiger partial charge in [-0.15, -0.1) is 11.6 Å². The number of rotatable bonds is 7. The second kappa shape index (κ2) is 8.54. The first-order chi connectivity index (χ1) is 9.10. The van der Waals surface area contributed by atoms with Crippen molar-refractivity contribution in [1.82, 2.24) is 5.32 Å². The lowest BCUT2D eigenvalue weighted by Gasteiger charge is -2.16. The van der Waals surface area contributed by atoms with Crippen LogP contribution in [0.1, 0.15) is 36.5 Å². The number of hydrogen-bond acceptors (Lipinski definition) is 1. The van der Waals surface area contributed by atoms with Crippen molar-refractivity contribution in [3.05, 3.63) is 34.1 Å². The van der Waals surface area contributed by atoms with E-state index in [1.807, 2.05) is 0 Å². The van der Waals surface area contributed by atoms with E-state index in [9.17, 15) is 9.18 Å². The molecule has 5 heteroatoms. The number of alkyl halides is 1. The van der Waals surface area contributed by atoms with Crippen LogP contribution in [0.2, 0.25) is 0 Å². The van der Waals surface area contributed by atoms with E-state index in [4.69, 9.17) is 11.6 Å². The van der Waals surface area contributed by atoms with Crippen LogP contribution in [0.3, 0.4) is 0 Å². The molecule has 0 spiro atoms. The number of carbonyl (C=O) groups is 1. The zero-order chi connectivity index (χ0) is 14.3. The molecule has 0 fully saturated rings. The largest absolute Gasteiger partial charge is 0.352 e. The van der Waals surface area contributed by atoms with Crippen LogP contribution < -0.4 is 5.32 Å². The molecule has 1 atom stereocenters. The first-order valence-corrected chi connectivity index (χ1v) is 7.71. The highest BCUT2D eigenvalue weighted by molar-refractivity contribution is 9.10. The Morgan fingerprint density at radius 2 is 2.21 bits per heavy atom. The highest BCUT2D eigenvalue weighted by Crippen LogP contribution is 2.20. The second-order valence-electron chi connectivity index (χ2n) is 4.44. The van der Waals surface area contributed by atoms with Gasteiger partial charge < -0.3 is 5.32 Å². The van der Waals surface area contributed by atoms with Crippen molar-refractivity contribution in [2.75, 3.05) is 12.4 Å². The Kier molecular flexibility index (Phi) is 7.39. The van der Waals surface area contributed by atoms with E-state index in [0.29, 0.717) is 23.9 Å². The highest BCUT2D eigenvalue weighted by Gasteiger charge is 2.14. The first-order valence-electron chi connectivity index (χ1n) is 6.38. The zero-order valence-electron chi connectivity index (χ0n) is 10.9. The van der Waals surface area contributed by atoms with E-state index >= 15 is 0 Å². The van der Waals surface area contributed by atoms with Crippen LogP contribution in [0.15, 0.2) is 22.7 Å². The normalized spacial score (nSPS) is 12.2. The van der Waals surface area contributed by atoms with Crippen LogP contribution in [-0.4, -0.2) is 18.3 Å². The van der Waals surface area contributed by atoms with Crippen LogP contribution >= 0.6 is 27.5 Å². The van der Waals surface area contributed by atoms with Crippen LogP contribution in [0.5, 0.6) is 0 Å². The smallest absolute Gasteiger partial charge is 0.252 e. The van der Waals surface area contributed by atoms with Gasteiger partial charge in [-0.3, -0.25) is 4.79 Å². The Bertz CT molecular complexity index is 422. The number of amides is 1. The van der Waals surface area contributed by atoms with Crippen molar-refractivity contribution in [3.63, 3.8) is 0 Å². The molecule has 0 heterocycles. The summed E-state index contributed by atoms with van der Waals surface area (Å²) in [7, 11) is 0. The number of carbonyl (C=O) groups excluding carboxylic acids is 1. The van der Waals surface area contributed by atoms with Gasteiger partial charge in [0.25, 0.3) is 5.91 Å². The third-order valence-corrected chi connectivity index (χ3v) is 3.99. The van der Waals surface area contributed by atoms with E-state index in [-0.39, 0.29) is 10.4 Å². The number of hydrogen-bond donors (Lipinski definition) is 1. The molecule has 0 aliphatic rings. The predicted octanol–water partition coefficient (Wildman–Crippen LogP) is 4.36. The van der Waals surface area contributed by atoms with E-state index in [2.05, 4.69) is 28.2 Å². The fourth-order valence-electron chi connectivity index (χ4n) is 1.92. The first kappa shape index (κ1) is 16.4. The van der Waals surface area contributed by atoms with Crippen molar-refractivity contribution in [2.45, 2.75) is 26.2 Å². The predicted molar refractivity (Wildman–Crippen MR) is 80.2 cm³/mol. The van der Waals surface area contributed by atoms with Crippen molar-refractivity contribution < 1.29 is 9.18 Å². The van der Waals surface area contributed by atoms with Gasteiger partial charge in [-0.05, 0) is 46.8 Å². The molecule has 1 aromatic rings. The number of benzene rings is 1. The highest BCUT2D eigenvalue weighted by atomic mass is 79.9. The van der Waals surface area contributed by atoms with Crippen LogP contribution in [0, 0.1) is 11.7 Å². The molecule has 0 aliphatic carbocycles. The number of halogens is 3. The monoisotopic (exact) mass is 349 g/mol. The topological polar surface area (TPSA) is 29.1 Å². The lowest BCUT2D eigenvalue weighted by Crippen LogP contribution is -2.30. The van der Waals surface area contributed by atoms with Gasteiger partial charge in [-0.25, -0.2) is 4.39 Å². The standard InChI is InChI=1S/C14H18BrClFNO/c1-2-4-10(7-8-16)9-18-14(19)11-5-3-6-12(17)13(11)15/h3,5-6,10H,2,4,7-9H2,1H3,(H,18,19). The zero-order valence-corrected chi connectivity index (χ0v) is 13.2. The Balaban J connectivity index is 2.61. The van der Waals surface area contributed by atoms with Gasteiger partial charge in [0.05, 0.1) is 10.0 Å². The van der Waals surface area contributed by atoms with Gasteiger partial charge in [-0.2, -0.15) is 0 Å². The van der Waals surface area contributed by atoms with Crippen molar-refractivity contribution in [2.24, 2.45) is 5.92 Å². The third-order valence-electron chi connectivity index (χ3n) is 2.96. The molecule has 1 N–H and O–H groups in total. The molecular weight excluding hydrogens is 333 g/mol. The average molecular weight is 351 g/mol. The molecule has 19 heavy (non-hydrogen) atoms. The van der Waals surface area contributed by atoms with Crippen molar-refractivity contribution in [3.8, 4) is 0 Å². The summed E-state index contributed by atoms with van der Waals surface area (Å²) >= 11 is 8.83. The summed E-state index contributed by atoms with van der Waals surface area (Å²) in [6.45, 7) is 2.68. The van der Waals surface area contributed by atoms with Gasteiger partial charge >= 0.3 is 0 Å². The summed E-state index contributed by atoms with van der Waals surface area (Å²) in [4.78, 5) is 12.0. The SMILES string of the molecule is CCCC(CCCl)CNC(=O)c1cccc(F)c1Br. The van der Waals surface area contributed by atoms with Gasteiger partial charge in [0.15, 0.2) is 0 Å². The number of nitrogens with one attached hydrogen (secondary N) is 1. The quantitative estimate of drug-likeness (QED) is 0.727. The molecule has 0 saturated heterocycles. The summed E-state index contributed by atoms with van der Waals surface area (Å²) in [6.07, 6.45) is 2.96. The maximum Gasteiger partial charge on any atom is 0.252 e. The molecule has 106 valence electrons. The maximum atomic E-state index is 13.3. The minimum Gasteiger partial charge on any atom is -0.352 e. The van der Waals surface area contributed by atoms with Gasteiger partial charge in [0.2, 0.25) is 0 Å². The maximum absolute atomic E-state index is 13.3. The fourth-order valence-corrected chi connectivity index (χ4v) is 2.68. The Labute approximate surface area is 126 Å². The minimum atomic E-state index is -0.432. The summed E-state index contributed by atoms with van der Waals surface area (Å²) < 4.78 is 13.5. The molecule has 1 rings (SSSR count). The Hall–Kier alpha value is -0.610.